The number of ether oxygens (including phenoxy) is 2. The average molecular weight is 480 g/mol. The largest absolute Gasteiger partial charge is 0.489 e. The Morgan fingerprint density at radius 3 is 2.50 bits per heavy atom. The van der Waals surface area contributed by atoms with Gasteiger partial charge in [0.1, 0.15) is 29.2 Å². The zero-order valence-electron chi connectivity index (χ0n) is 20.2. The van der Waals surface area contributed by atoms with Crippen molar-refractivity contribution in [3.8, 4) is 34.3 Å². The SMILES string of the molecule is CN(C)C(=O)c1ccc(-c2cc3nccc(-c4ccc(OC5CC6(COC6)C5)c(C#N)c4)c3o2)cc1. The van der Waals surface area contributed by atoms with Crippen LogP contribution in [-0.2, 0) is 4.74 Å². The molecule has 1 saturated heterocycles. The number of pyridine rings is 1. The van der Waals surface area contributed by atoms with Crippen molar-refractivity contribution in [1.82, 2.24) is 9.88 Å². The van der Waals surface area contributed by atoms with Crippen LogP contribution in [0.15, 0.2) is 65.2 Å². The first-order valence-electron chi connectivity index (χ1n) is 11.9. The molecular formula is C29H25N3O4. The Balaban J connectivity index is 1.28. The number of amides is 1. The van der Waals surface area contributed by atoms with Gasteiger partial charge in [-0.2, -0.15) is 5.26 Å². The van der Waals surface area contributed by atoms with E-state index in [1.165, 1.54) is 0 Å². The van der Waals surface area contributed by atoms with E-state index < -0.39 is 0 Å². The molecule has 0 unspecified atom stereocenters. The molecule has 4 aromatic rings. The third-order valence-corrected chi connectivity index (χ3v) is 7.08. The fourth-order valence-corrected chi connectivity index (χ4v) is 5.03. The van der Waals surface area contributed by atoms with Crippen LogP contribution in [0.25, 0.3) is 33.6 Å². The van der Waals surface area contributed by atoms with Crippen molar-refractivity contribution in [1.29, 1.82) is 5.26 Å². The molecule has 2 fully saturated rings. The van der Waals surface area contributed by atoms with E-state index >= 15 is 0 Å². The number of hydrogen-bond acceptors (Lipinski definition) is 6. The predicted molar refractivity (Wildman–Crippen MR) is 135 cm³/mol. The fraction of sp³-hybridized carbons (Fsp3) is 0.276. The molecule has 0 atom stereocenters. The maximum absolute atomic E-state index is 12.2. The molecule has 1 aliphatic heterocycles. The van der Waals surface area contributed by atoms with Crippen LogP contribution < -0.4 is 4.74 Å². The van der Waals surface area contributed by atoms with Crippen LogP contribution in [0.3, 0.4) is 0 Å². The molecule has 1 saturated carbocycles. The summed E-state index contributed by atoms with van der Waals surface area (Å²) in [7, 11) is 3.46. The molecule has 36 heavy (non-hydrogen) atoms. The van der Waals surface area contributed by atoms with Crippen LogP contribution in [0.1, 0.15) is 28.8 Å². The minimum absolute atomic E-state index is 0.0512. The van der Waals surface area contributed by atoms with Crippen molar-refractivity contribution in [2.24, 2.45) is 5.41 Å². The third-order valence-electron chi connectivity index (χ3n) is 7.08. The summed E-state index contributed by atoms with van der Waals surface area (Å²) >= 11 is 0. The van der Waals surface area contributed by atoms with Crippen molar-refractivity contribution in [3.63, 3.8) is 0 Å². The highest BCUT2D eigenvalue weighted by Crippen LogP contribution is 2.48. The van der Waals surface area contributed by atoms with Gasteiger partial charge in [0, 0.05) is 48.5 Å². The van der Waals surface area contributed by atoms with Gasteiger partial charge in [-0.1, -0.05) is 18.2 Å². The molecule has 0 bridgehead atoms. The number of nitrogens with zero attached hydrogens (tertiary/aromatic N) is 3. The zero-order chi connectivity index (χ0) is 24.9. The van der Waals surface area contributed by atoms with Crippen molar-refractivity contribution < 1.29 is 18.7 Å². The first-order chi connectivity index (χ1) is 17.4. The Labute approximate surface area is 208 Å². The lowest BCUT2D eigenvalue weighted by molar-refractivity contribution is -0.191. The number of carbonyl (C=O) groups excluding carboxylic acids is 1. The van der Waals surface area contributed by atoms with E-state index in [0.717, 1.165) is 48.3 Å². The molecule has 2 aromatic carbocycles. The van der Waals surface area contributed by atoms with E-state index in [-0.39, 0.29) is 12.0 Å². The van der Waals surface area contributed by atoms with Gasteiger partial charge >= 0.3 is 0 Å². The zero-order valence-corrected chi connectivity index (χ0v) is 20.2. The van der Waals surface area contributed by atoms with Crippen LogP contribution in [-0.4, -0.2) is 49.2 Å². The normalized spacial score (nSPS) is 16.2. The van der Waals surface area contributed by atoms with Crippen LogP contribution in [0.5, 0.6) is 5.75 Å². The Bertz CT molecular complexity index is 1500. The van der Waals surface area contributed by atoms with E-state index in [9.17, 15) is 10.1 Å². The van der Waals surface area contributed by atoms with Gasteiger partial charge in [-0.15, -0.1) is 0 Å². The molecule has 0 N–H and O–H groups in total. The molecule has 7 heteroatoms. The highest BCUT2D eigenvalue weighted by atomic mass is 16.5. The van der Waals surface area contributed by atoms with Gasteiger partial charge in [0.15, 0.2) is 5.58 Å². The molecule has 1 aliphatic carbocycles. The Hall–Kier alpha value is -4.15. The van der Waals surface area contributed by atoms with Crippen LogP contribution in [0, 0.1) is 16.7 Å². The molecule has 2 aliphatic rings. The summed E-state index contributed by atoms with van der Waals surface area (Å²) in [5.74, 6) is 1.22. The number of carbonyl (C=O) groups is 1. The van der Waals surface area contributed by atoms with Gasteiger partial charge in [-0.25, -0.2) is 0 Å². The maximum atomic E-state index is 12.2. The van der Waals surface area contributed by atoms with Gasteiger partial charge in [0.05, 0.1) is 18.8 Å². The van der Waals surface area contributed by atoms with Crippen molar-refractivity contribution in [2.45, 2.75) is 18.9 Å². The van der Waals surface area contributed by atoms with Crippen LogP contribution >= 0.6 is 0 Å². The molecule has 3 heterocycles. The van der Waals surface area contributed by atoms with Gasteiger partial charge < -0.3 is 18.8 Å². The second kappa shape index (κ2) is 8.51. The lowest BCUT2D eigenvalue weighted by atomic mass is 9.65. The lowest BCUT2D eigenvalue weighted by Gasteiger charge is -2.52. The summed E-state index contributed by atoms with van der Waals surface area (Å²) in [6, 6.07) is 19.0. The van der Waals surface area contributed by atoms with Gasteiger partial charge in [-0.05, 0) is 48.7 Å². The van der Waals surface area contributed by atoms with E-state index in [1.54, 1.807) is 37.3 Å². The van der Waals surface area contributed by atoms with Crippen LogP contribution in [0.4, 0.5) is 0 Å². The molecule has 180 valence electrons. The summed E-state index contributed by atoms with van der Waals surface area (Å²) in [5, 5.41) is 9.80. The summed E-state index contributed by atoms with van der Waals surface area (Å²) in [6.07, 6.45) is 3.82. The number of hydrogen-bond donors (Lipinski definition) is 0. The van der Waals surface area contributed by atoms with Gasteiger partial charge in [0.25, 0.3) is 5.91 Å². The lowest BCUT2D eigenvalue weighted by Crippen LogP contribution is -2.56. The predicted octanol–water partition coefficient (Wildman–Crippen LogP) is 5.29. The van der Waals surface area contributed by atoms with Gasteiger partial charge in [0.2, 0.25) is 0 Å². The minimum atomic E-state index is -0.0512. The Kier molecular flexibility index (Phi) is 5.27. The number of furan rings is 1. The number of fused-ring (bicyclic) bond motifs is 1. The standard InChI is InChI=1S/C29H25N3O4/c1-32(2)28(33)19-5-3-18(4-6-19)26-12-24-27(36-26)23(9-10-31-24)20-7-8-25(21(11-20)15-30)35-22-13-29(14-22)16-34-17-29/h3-12,22H,13-14,16-17H2,1-2H3. The highest BCUT2D eigenvalue weighted by molar-refractivity contribution is 5.95. The van der Waals surface area contributed by atoms with Crippen LogP contribution in [0.2, 0.25) is 0 Å². The highest BCUT2D eigenvalue weighted by Gasteiger charge is 2.51. The van der Waals surface area contributed by atoms with E-state index in [1.807, 2.05) is 42.5 Å². The summed E-state index contributed by atoms with van der Waals surface area (Å²) < 4.78 is 17.7. The third kappa shape index (κ3) is 3.80. The van der Waals surface area contributed by atoms with E-state index in [0.29, 0.717) is 33.6 Å². The molecule has 6 rings (SSSR count). The maximum Gasteiger partial charge on any atom is 0.253 e. The summed E-state index contributed by atoms with van der Waals surface area (Å²) in [5.41, 5.74) is 5.34. The van der Waals surface area contributed by atoms with Crippen molar-refractivity contribution in [2.75, 3.05) is 27.3 Å². The van der Waals surface area contributed by atoms with E-state index in [2.05, 4.69) is 11.1 Å². The fourth-order valence-electron chi connectivity index (χ4n) is 5.03. The monoisotopic (exact) mass is 479 g/mol. The second-order valence-electron chi connectivity index (χ2n) is 9.92. The Morgan fingerprint density at radius 1 is 1.08 bits per heavy atom. The molecule has 1 amide bonds. The number of nitriles is 1. The molecule has 0 radical (unpaired) electrons. The van der Waals surface area contributed by atoms with Crippen molar-refractivity contribution >= 4 is 17.0 Å². The number of aromatic nitrogens is 1. The Morgan fingerprint density at radius 2 is 1.83 bits per heavy atom. The van der Waals surface area contributed by atoms with Crippen molar-refractivity contribution in [3.05, 3.63) is 71.9 Å². The number of benzene rings is 2. The number of rotatable bonds is 5. The summed E-state index contributed by atoms with van der Waals surface area (Å²) in [6.45, 7) is 1.64. The smallest absolute Gasteiger partial charge is 0.253 e. The average Bonchev–Trinajstić information content (AvgIpc) is 3.29. The molecular weight excluding hydrogens is 454 g/mol. The molecule has 1 spiro atoms. The topological polar surface area (TPSA) is 88.6 Å². The molecule has 2 aromatic heterocycles. The first-order valence-corrected chi connectivity index (χ1v) is 11.9. The minimum Gasteiger partial charge on any atom is -0.489 e. The second-order valence-corrected chi connectivity index (χ2v) is 9.92. The first kappa shape index (κ1) is 22.3. The molecule has 7 nitrogen and oxygen atoms in total. The quantitative estimate of drug-likeness (QED) is 0.386. The summed E-state index contributed by atoms with van der Waals surface area (Å²) in [4.78, 5) is 18.2. The van der Waals surface area contributed by atoms with E-state index in [4.69, 9.17) is 13.9 Å². The van der Waals surface area contributed by atoms with Gasteiger partial charge in [-0.3, -0.25) is 9.78 Å².